The second kappa shape index (κ2) is 38.8. The van der Waals surface area contributed by atoms with Gasteiger partial charge in [0.1, 0.15) is 30.6 Å². The molecule has 0 saturated heterocycles. The van der Waals surface area contributed by atoms with Crippen LogP contribution in [0.3, 0.4) is 0 Å². The van der Waals surface area contributed by atoms with Crippen molar-refractivity contribution in [3.8, 4) is 0 Å². The highest BCUT2D eigenvalue weighted by atomic mass is 33.1. The summed E-state index contributed by atoms with van der Waals surface area (Å²) < 4.78 is 60.5. The smallest absolute Gasteiger partial charge is 0.305 e. The minimum absolute atomic E-state index is 0.0584. The number of ketones is 1. The first-order valence-corrected chi connectivity index (χ1v) is 22.2. The molecule has 0 amide bonds. The van der Waals surface area contributed by atoms with Gasteiger partial charge >= 0.3 is 17.9 Å². The Labute approximate surface area is 352 Å². The van der Waals surface area contributed by atoms with Gasteiger partial charge in [0.25, 0.3) is 0 Å². The third kappa shape index (κ3) is 32.5. The normalized spacial score (nSPS) is 11.4. The summed E-state index contributed by atoms with van der Waals surface area (Å²) in [6, 6.07) is 5.80. The van der Waals surface area contributed by atoms with Gasteiger partial charge in [-0.05, 0) is 55.0 Å². The molecule has 0 aliphatic heterocycles. The molecular weight excluding hydrogens is 799 g/mol. The zero-order chi connectivity index (χ0) is 42.2. The van der Waals surface area contributed by atoms with Gasteiger partial charge in [-0.3, -0.25) is 19.2 Å². The molecule has 0 atom stereocenters. The minimum Gasteiger partial charge on any atom is -0.463 e. The van der Waals surface area contributed by atoms with Crippen LogP contribution in [-0.4, -0.2) is 161 Å². The van der Waals surface area contributed by atoms with Crippen molar-refractivity contribution in [2.75, 3.05) is 133 Å². The van der Waals surface area contributed by atoms with Gasteiger partial charge in [-0.15, -0.1) is 0 Å². The van der Waals surface area contributed by atoms with E-state index in [4.69, 9.17) is 52.1 Å². The lowest BCUT2D eigenvalue weighted by Crippen LogP contribution is -2.43. The van der Waals surface area contributed by atoms with Gasteiger partial charge in [0.05, 0.1) is 64.9 Å². The van der Waals surface area contributed by atoms with Crippen LogP contribution in [0.25, 0.3) is 0 Å². The standard InChI is InChI=1S/C40H67NO15S2/c1-46-18-7-14-37(43)54-27-24-51-32-40(33-52-25-28-55-38(44)15-8-19-47-2,34-53-26-29-56-39(45)16-9-20-48-3)31-50-23-22-49-21-6-11-35(42)12-10-30-57-58-36-13-4-5-17-41-36/h4-5,13,17H,6-12,14-16,18-34H2,1-3H3. The first-order valence-electron chi connectivity index (χ1n) is 19.9. The lowest BCUT2D eigenvalue weighted by Gasteiger charge is -2.33. The zero-order valence-corrected chi connectivity index (χ0v) is 36.4. The van der Waals surface area contributed by atoms with Crippen LogP contribution in [0.5, 0.6) is 0 Å². The molecule has 18 heteroatoms. The summed E-state index contributed by atoms with van der Waals surface area (Å²) in [5, 5.41) is 0.957. The van der Waals surface area contributed by atoms with E-state index in [9.17, 15) is 19.2 Å². The van der Waals surface area contributed by atoms with Crippen LogP contribution in [0.2, 0.25) is 0 Å². The quantitative estimate of drug-likeness (QED) is 0.0373. The number of carbonyl (C=O) groups is 4. The number of pyridine rings is 1. The number of carbonyl (C=O) groups excluding carboxylic acids is 4. The summed E-state index contributed by atoms with van der Waals surface area (Å²) in [5.74, 6) is 0.0648. The Morgan fingerprint density at radius 2 is 0.948 bits per heavy atom. The predicted molar refractivity (Wildman–Crippen MR) is 219 cm³/mol. The molecule has 0 bridgehead atoms. The fourth-order valence-corrected chi connectivity index (χ4v) is 6.86. The van der Waals surface area contributed by atoms with Crippen molar-refractivity contribution in [1.82, 2.24) is 4.98 Å². The van der Waals surface area contributed by atoms with Crippen LogP contribution >= 0.6 is 21.6 Å². The number of methoxy groups -OCH3 is 3. The molecule has 0 aromatic carbocycles. The Kier molecular flexibility index (Phi) is 35.9. The largest absolute Gasteiger partial charge is 0.463 e. The van der Waals surface area contributed by atoms with Crippen LogP contribution in [0.4, 0.5) is 0 Å². The Balaban J connectivity index is 2.64. The van der Waals surface area contributed by atoms with E-state index in [0.29, 0.717) is 71.6 Å². The summed E-state index contributed by atoms with van der Waals surface area (Å²) in [5.41, 5.74) is -0.839. The Bertz CT molecular complexity index is 1090. The maximum Gasteiger partial charge on any atom is 0.305 e. The molecule has 16 nitrogen and oxygen atoms in total. The number of rotatable bonds is 42. The van der Waals surface area contributed by atoms with E-state index >= 15 is 0 Å². The average Bonchev–Trinajstić information content (AvgIpc) is 3.22. The topological polar surface area (TPSA) is 183 Å². The Morgan fingerprint density at radius 1 is 0.517 bits per heavy atom. The lowest BCUT2D eigenvalue weighted by atomic mass is 9.92. The van der Waals surface area contributed by atoms with Crippen molar-refractivity contribution in [2.45, 2.75) is 69.2 Å². The number of hydrogen-bond donors (Lipinski definition) is 0. The number of Topliss-reactive ketones (excluding diaryl/α,β-unsaturated/α-hetero) is 1. The molecule has 1 aromatic rings. The maximum atomic E-state index is 12.3. The molecule has 0 aliphatic rings. The summed E-state index contributed by atoms with van der Waals surface area (Å²) in [4.78, 5) is 52.7. The molecule has 334 valence electrons. The fourth-order valence-electron chi connectivity index (χ4n) is 4.89. The summed E-state index contributed by atoms with van der Waals surface area (Å²) in [6.45, 7) is 3.45. The van der Waals surface area contributed by atoms with Crippen LogP contribution in [0, 0.1) is 5.41 Å². The predicted octanol–water partition coefficient (Wildman–Crippen LogP) is 4.93. The lowest BCUT2D eigenvalue weighted by molar-refractivity contribution is -0.151. The van der Waals surface area contributed by atoms with E-state index in [0.717, 1.165) is 17.2 Å². The monoisotopic (exact) mass is 865 g/mol. The molecule has 0 N–H and O–H groups in total. The first kappa shape index (κ1) is 53.6. The second-order valence-corrected chi connectivity index (χ2v) is 15.5. The van der Waals surface area contributed by atoms with Crippen LogP contribution in [0.15, 0.2) is 29.4 Å². The van der Waals surface area contributed by atoms with Crippen LogP contribution in [-0.2, 0) is 71.3 Å². The van der Waals surface area contributed by atoms with E-state index in [1.807, 2.05) is 18.2 Å². The average molecular weight is 866 g/mol. The number of nitrogens with zero attached hydrogens (tertiary/aromatic N) is 1. The third-order valence-corrected chi connectivity index (χ3v) is 10.2. The van der Waals surface area contributed by atoms with E-state index in [2.05, 4.69) is 4.98 Å². The zero-order valence-electron chi connectivity index (χ0n) is 34.8. The van der Waals surface area contributed by atoms with Crippen molar-refractivity contribution >= 4 is 45.3 Å². The molecule has 0 saturated carbocycles. The van der Waals surface area contributed by atoms with Gasteiger partial charge in [-0.2, -0.15) is 0 Å². The second-order valence-electron chi connectivity index (χ2n) is 13.1. The van der Waals surface area contributed by atoms with Crippen molar-refractivity contribution in [1.29, 1.82) is 0 Å². The molecule has 0 aliphatic carbocycles. The van der Waals surface area contributed by atoms with Gasteiger partial charge in [0, 0.05) is 91.8 Å². The molecular formula is C40H67NO15S2. The Hall–Kier alpha value is -2.39. The van der Waals surface area contributed by atoms with Gasteiger partial charge in [-0.25, -0.2) is 4.98 Å². The van der Waals surface area contributed by atoms with Gasteiger partial charge in [0.2, 0.25) is 0 Å². The van der Waals surface area contributed by atoms with Crippen molar-refractivity contribution in [3.05, 3.63) is 24.4 Å². The first-order chi connectivity index (χ1) is 28.3. The van der Waals surface area contributed by atoms with Gasteiger partial charge in [0.15, 0.2) is 0 Å². The molecule has 1 rings (SSSR count). The molecule has 0 radical (unpaired) electrons. The molecule has 1 aromatic heterocycles. The molecule has 58 heavy (non-hydrogen) atoms. The highest BCUT2D eigenvalue weighted by Gasteiger charge is 2.33. The van der Waals surface area contributed by atoms with Gasteiger partial charge < -0.3 is 52.1 Å². The highest BCUT2D eigenvalue weighted by Crippen LogP contribution is 2.29. The van der Waals surface area contributed by atoms with E-state index < -0.39 is 5.41 Å². The van der Waals surface area contributed by atoms with E-state index in [1.165, 1.54) is 0 Å². The van der Waals surface area contributed by atoms with Crippen molar-refractivity contribution < 1.29 is 71.3 Å². The highest BCUT2D eigenvalue weighted by molar-refractivity contribution is 8.76. The summed E-state index contributed by atoms with van der Waals surface area (Å²) >= 11 is 0. The molecule has 1 heterocycles. The SMILES string of the molecule is COCCCC(=O)OCCOCC(COCCOCCCC(=O)CCCSSc1ccccn1)(COCCOC(=O)CCCOC)COCCOC(=O)CCCOC. The van der Waals surface area contributed by atoms with Crippen molar-refractivity contribution in [2.24, 2.45) is 5.41 Å². The maximum absolute atomic E-state index is 12.3. The fraction of sp³-hybridized carbons (Fsp3) is 0.775. The van der Waals surface area contributed by atoms with Gasteiger partial charge in [-0.1, -0.05) is 16.9 Å². The van der Waals surface area contributed by atoms with E-state index in [1.54, 1.807) is 49.1 Å². The number of ether oxygens (including phenoxy) is 11. The summed E-state index contributed by atoms with van der Waals surface area (Å²) in [6.07, 6.45) is 6.61. The minimum atomic E-state index is -0.839. The van der Waals surface area contributed by atoms with Crippen LogP contribution < -0.4 is 0 Å². The molecule has 0 spiro atoms. The van der Waals surface area contributed by atoms with E-state index in [-0.39, 0.29) is 116 Å². The number of esters is 3. The van der Waals surface area contributed by atoms with Crippen LogP contribution in [0.1, 0.15) is 64.2 Å². The van der Waals surface area contributed by atoms with Crippen molar-refractivity contribution in [3.63, 3.8) is 0 Å². The number of hydrogen-bond acceptors (Lipinski definition) is 18. The Morgan fingerprint density at radius 3 is 1.40 bits per heavy atom. The molecule has 0 fully saturated rings. The third-order valence-electron chi connectivity index (χ3n) is 7.87. The number of aromatic nitrogens is 1. The summed E-state index contributed by atoms with van der Waals surface area (Å²) in [7, 11) is 8.03. The molecule has 0 unspecified atom stereocenters.